The summed E-state index contributed by atoms with van der Waals surface area (Å²) in [5, 5.41) is 11.3. The molecule has 1 saturated heterocycles. The molecule has 1 atom stereocenters. The van der Waals surface area contributed by atoms with Crippen molar-refractivity contribution in [3.8, 4) is 17.2 Å². The number of nitrogens with zero attached hydrogens (tertiary/aromatic N) is 1. The normalized spacial score (nSPS) is 16.9. The van der Waals surface area contributed by atoms with E-state index in [4.69, 9.17) is 14.2 Å². The number of ketones is 1. The van der Waals surface area contributed by atoms with Gasteiger partial charge in [0.15, 0.2) is 11.5 Å². The summed E-state index contributed by atoms with van der Waals surface area (Å²) in [4.78, 5) is 28.2. The molecule has 4 rings (SSSR count). The second-order valence-corrected chi connectivity index (χ2v) is 8.76. The van der Waals surface area contributed by atoms with Crippen LogP contribution in [0.3, 0.4) is 0 Å². The molecule has 1 fully saturated rings. The predicted octanol–water partition coefficient (Wildman–Crippen LogP) is 5.46. The maximum absolute atomic E-state index is 13.4. The second-order valence-electron chi connectivity index (χ2n) is 8.76. The molecule has 1 N–H and O–H groups in total. The fraction of sp³-hybridized carbons (Fsp3) is 0.241. The van der Waals surface area contributed by atoms with Gasteiger partial charge in [-0.05, 0) is 65.6 Å². The van der Waals surface area contributed by atoms with Crippen LogP contribution in [0.1, 0.15) is 42.5 Å². The maximum atomic E-state index is 13.4. The van der Waals surface area contributed by atoms with Gasteiger partial charge >= 0.3 is 0 Å². The van der Waals surface area contributed by atoms with Crippen LogP contribution in [0.4, 0.5) is 5.69 Å². The van der Waals surface area contributed by atoms with Crippen LogP contribution in [0.15, 0.2) is 72.3 Å². The first kappa shape index (κ1) is 24.9. The molecule has 186 valence electrons. The van der Waals surface area contributed by atoms with E-state index < -0.39 is 17.7 Å². The number of carbonyl (C=O) groups is 2. The third-order valence-corrected chi connectivity index (χ3v) is 6.37. The van der Waals surface area contributed by atoms with Gasteiger partial charge in [-0.2, -0.15) is 0 Å². The van der Waals surface area contributed by atoms with Gasteiger partial charge in [0, 0.05) is 11.3 Å². The molecule has 0 radical (unpaired) electrons. The molecule has 1 unspecified atom stereocenters. The zero-order valence-electron chi connectivity index (χ0n) is 20.9. The molecular weight excluding hydrogens is 458 g/mol. The Balaban J connectivity index is 1.92. The largest absolute Gasteiger partial charge is 0.507 e. The van der Waals surface area contributed by atoms with Gasteiger partial charge in [-0.15, -0.1) is 0 Å². The summed E-state index contributed by atoms with van der Waals surface area (Å²) in [7, 11) is 4.59. The molecule has 0 saturated carbocycles. The molecule has 36 heavy (non-hydrogen) atoms. The average molecular weight is 488 g/mol. The van der Waals surface area contributed by atoms with Crippen molar-refractivity contribution >= 4 is 23.1 Å². The number of aliphatic hydroxyl groups is 1. The van der Waals surface area contributed by atoms with Gasteiger partial charge < -0.3 is 19.3 Å². The van der Waals surface area contributed by atoms with Crippen molar-refractivity contribution < 1.29 is 28.9 Å². The Bertz CT molecular complexity index is 1310. The second kappa shape index (κ2) is 10.2. The molecular formula is C29H29NO6. The predicted molar refractivity (Wildman–Crippen MR) is 138 cm³/mol. The maximum Gasteiger partial charge on any atom is 0.300 e. The molecule has 1 aliphatic heterocycles. The van der Waals surface area contributed by atoms with Crippen molar-refractivity contribution in [3.05, 3.63) is 89.0 Å². The fourth-order valence-corrected chi connectivity index (χ4v) is 4.36. The average Bonchev–Trinajstić information content (AvgIpc) is 3.17. The van der Waals surface area contributed by atoms with E-state index in [-0.39, 0.29) is 11.3 Å². The van der Waals surface area contributed by atoms with Crippen LogP contribution < -0.4 is 19.1 Å². The number of anilines is 1. The Morgan fingerprint density at radius 2 is 1.47 bits per heavy atom. The number of methoxy groups -OCH3 is 3. The lowest BCUT2D eigenvalue weighted by molar-refractivity contribution is -0.132. The Morgan fingerprint density at radius 1 is 0.833 bits per heavy atom. The molecule has 0 aliphatic carbocycles. The summed E-state index contributed by atoms with van der Waals surface area (Å²) < 4.78 is 16.0. The van der Waals surface area contributed by atoms with Gasteiger partial charge in [-0.1, -0.05) is 32.0 Å². The van der Waals surface area contributed by atoms with Crippen LogP contribution in [0.5, 0.6) is 17.2 Å². The first-order valence-electron chi connectivity index (χ1n) is 11.6. The van der Waals surface area contributed by atoms with Crippen molar-refractivity contribution in [2.45, 2.75) is 25.8 Å². The first-order chi connectivity index (χ1) is 17.3. The van der Waals surface area contributed by atoms with Crippen LogP contribution in [0, 0.1) is 0 Å². The van der Waals surface area contributed by atoms with Crippen LogP contribution >= 0.6 is 0 Å². The van der Waals surface area contributed by atoms with Crippen molar-refractivity contribution in [2.75, 3.05) is 26.2 Å². The molecule has 7 heteroatoms. The van der Waals surface area contributed by atoms with E-state index in [2.05, 4.69) is 13.8 Å². The Hall–Kier alpha value is -4.26. The third kappa shape index (κ3) is 4.40. The topological polar surface area (TPSA) is 85.3 Å². The highest BCUT2D eigenvalue weighted by molar-refractivity contribution is 6.51. The zero-order chi connectivity index (χ0) is 26.0. The SMILES string of the molecule is COc1ccc(/C(O)=C2/C(=O)C(=O)N(c3ccc(C(C)C)cc3)C2c2ccc(OC)c(OC)c2)cc1. The van der Waals surface area contributed by atoms with E-state index in [0.29, 0.717) is 40.0 Å². The minimum atomic E-state index is -0.878. The number of aliphatic hydroxyl groups excluding tert-OH is 1. The van der Waals surface area contributed by atoms with Crippen molar-refractivity contribution in [1.82, 2.24) is 0 Å². The summed E-state index contributed by atoms with van der Waals surface area (Å²) in [5.74, 6) is 0.116. The van der Waals surface area contributed by atoms with Crippen molar-refractivity contribution in [1.29, 1.82) is 0 Å². The van der Waals surface area contributed by atoms with E-state index in [1.54, 1.807) is 49.6 Å². The molecule has 7 nitrogen and oxygen atoms in total. The monoisotopic (exact) mass is 487 g/mol. The van der Waals surface area contributed by atoms with Gasteiger partial charge in [0.05, 0.1) is 32.9 Å². The highest BCUT2D eigenvalue weighted by Gasteiger charge is 2.47. The lowest BCUT2D eigenvalue weighted by atomic mass is 9.94. The number of ether oxygens (including phenoxy) is 3. The molecule has 0 spiro atoms. The first-order valence-corrected chi connectivity index (χ1v) is 11.6. The summed E-state index contributed by atoms with van der Waals surface area (Å²) >= 11 is 0. The highest BCUT2D eigenvalue weighted by atomic mass is 16.5. The van der Waals surface area contributed by atoms with E-state index in [1.165, 1.54) is 19.1 Å². The van der Waals surface area contributed by atoms with Crippen LogP contribution in [0.2, 0.25) is 0 Å². The smallest absolute Gasteiger partial charge is 0.300 e. The van der Waals surface area contributed by atoms with Crippen molar-refractivity contribution in [2.24, 2.45) is 0 Å². The molecule has 1 aliphatic rings. The summed E-state index contributed by atoms with van der Waals surface area (Å²) in [5.41, 5.74) is 2.64. The van der Waals surface area contributed by atoms with E-state index >= 15 is 0 Å². The van der Waals surface area contributed by atoms with Gasteiger partial charge in [-0.3, -0.25) is 14.5 Å². The van der Waals surface area contributed by atoms with E-state index in [9.17, 15) is 14.7 Å². The molecule has 3 aromatic carbocycles. The number of rotatable bonds is 7. The lowest BCUT2D eigenvalue weighted by Gasteiger charge is -2.26. The zero-order valence-corrected chi connectivity index (χ0v) is 20.9. The summed E-state index contributed by atoms with van der Waals surface area (Å²) in [6, 6.07) is 18.5. The number of hydrogen-bond acceptors (Lipinski definition) is 6. The number of hydrogen-bond donors (Lipinski definition) is 1. The molecule has 3 aromatic rings. The Labute approximate surface area is 210 Å². The van der Waals surface area contributed by atoms with Gasteiger partial charge in [0.2, 0.25) is 0 Å². The number of carbonyl (C=O) groups excluding carboxylic acids is 2. The van der Waals surface area contributed by atoms with Crippen LogP contribution in [-0.2, 0) is 9.59 Å². The standard InChI is InChI=1S/C29H29NO6/c1-17(2)18-6-11-21(12-7-18)30-26(20-10-15-23(35-4)24(16-20)36-5)25(28(32)29(30)33)27(31)19-8-13-22(34-3)14-9-19/h6-17,26,31H,1-5H3/b27-25-. The lowest BCUT2D eigenvalue weighted by Crippen LogP contribution is -2.29. The Morgan fingerprint density at radius 3 is 2.03 bits per heavy atom. The number of benzene rings is 3. The Kier molecular flexibility index (Phi) is 7.01. The van der Waals surface area contributed by atoms with Crippen LogP contribution in [0.25, 0.3) is 5.76 Å². The fourth-order valence-electron chi connectivity index (χ4n) is 4.36. The third-order valence-electron chi connectivity index (χ3n) is 6.37. The number of amides is 1. The number of Topliss-reactive ketones (excluding diaryl/α,β-unsaturated/α-hetero) is 1. The molecule has 1 heterocycles. The minimum Gasteiger partial charge on any atom is -0.507 e. The highest BCUT2D eigenvalue weighted by Crippen LogP contribution is 2.44. The van der Waals surface area contributed by atoms with Crippen molar-refractivity contribution in [3.63, 3.8) is 0 Å². The van der Waals surface area contributed by atoms with Gasteiger partial charge in [-0.25, -0.2) is 0 Å². The quantitative estimate of drug-likeness (QED) is 0.271. The molecule has 1 amide bonds. The minimum absolute atomic E-state index is 0.00896. The van der Waals surface area contributed by atoms with E-state index in [1.807, 2.05) is 24.3 Å². The summed E-state index contributed by atoms with van der Waals surface area (Å²) in [6.45, 7) is 4.17. The van der Waals surface area contributed by atoms with E-state index in [0.717, 1.165) is 5.56 Å². The molecule has 0 aromatic heterocycles. The van der Waals surface area contributed by atoms with Gasteiger partial charge in [0.25, 0.3) is 11.7 Å². The van der Waals surface area contributed by atoms with Gasteiger partial charge in [0.1, 0.15) is 11.5 Å². The summed E-state index contributed by atoms with van der Waals surface area (Å²) in [6.07, 6.45) is 0. The van der Waals surface area contributed by atoms with Crippen LogP contribution in [-0.4, -0.2) is 38.1 Å². The molecule has 0 bridgehead atoms.